The van der Waals surface area contributed by atoms with Gasteiger partial charge < -0.3 is 19.3 Å². The number of hydrogen-bond acceptors (Lipinski definition) is 6. The molecule has 3 aromatic rings. The molecule has 1 amide bonds. The molecule has 1 atom stereocenters. The summed E-state index contributed by atoms with van der Waals surface area (Å²) in [5, 5.41) is 11.2. The molecule has 172 valence electrons. The third kappa shape index (κ3) is 3.65. The van der Waals surface area contributed by atoms with Crippen LogP contribution in [-0.2, 0) is 9.59 Å². The molecule has 0 radical (unpaired) electrons. The zero-order valence-corrected chi connectivity index (χ0v) is 18.8. The van der Waals surface area contributed by atoms with Gasteiger partial charge in [-0.2, -0.15) is 0 Å². The molecule has 1 N–H and O–H groups in total. The number of ether oxygens (including phenoxy) is 3. The largest absolute Gasteiger partial charge is 0.507 e. The Morgan fingerprint density at radius 3 is 2.53 bits per heavy atom. The molecule has 7 nitrogen and oxygen atoms in total. The normalized spacial score (nSPS) is 18.4. The maximum absolute atomic E-state index is 13.3. The lowest BCUT2D eigenvalue weighted by Crippen LogP contribution is -2.29. The number of aliphatic hydroxyl groups excluding tert-OH is 1. The van der Waals surface area contributed by atoms with Gasteiger partial charge in [0.15, 0.2) is 11.5 Å². The minimum atomic E-state index is -0.813. The number of nitrogens with zero attached hydrogens (tertiary/aromatic N) is 1. The molecule has 2 aliphatic rings. The number of benzene rings is 3. The highest BCUT2D eigenvalue weighted by Gasteiger charge is 2.47. The Hall–Kier alpha value is -4.26. The SMILES string of the molecule is CCOc1ccc(/C(O)=C2\C(=O)C(=O)N(c3ccc4c(c3)OCO4)C2c2cccc(C)c2)cc1. The number of ketones is 1. The van der Waals surface area contributed by atoms with Crippen molar-refractivity contribution in [1.82, 2.24) is 0 Å². The lowest BCUT2D eigenvalue weighted by atomic mass is 9.94. The quantitative estimate of drug-likeness (QED) is 0.338. The van der Waals surface area contributed by atoms with Crippen LogP contribution in [0, 0.1) is 6.92 Å². The molecule has 1 fully saturated rings. The van der Waals surface area contributed by atoms with Gasteiger partial charge in [0, 0.05) is 17.3 Å². The molecule has 2 heterocycles. The average molecular weight is 457 g/mol. The Labute approximate surface area is 196 Å². The van der Waals surface area contributed by atoms with Gasteiger partial charge in [0.1, 0.15) is 11.5 Å². The predicted molar refractivity (Wildman–Crippen MR) is 126 cm³/mol. The first kappa shape index (κ1) is 21.6. The Kier molecular flexibility index (Phi) is 5.45. The Balaban J connectivity index is 1.66. The van der Waals surface area contributed by atoms with Gasteiger partial charge in [0.05, 0.1) is 18.2 Å². The van der Waals surface area contributed by atoms with Crippen LogP contribution in [-0.4, -0.2) is 30.2 Å². The number of carbonyl (C=O) groups is 2. The monoisotopic (exact) mass is 457 g/mol. The van der Waals surface area contributed by atoms with Crippen LogP contribution in [0.15, 0.2) is 72.3 Å². The molecule has 1 saturated heterocycles. The summed E-state index contributed by atoms with van der Waals surface area (Å²) in [4.78, 5) is 28.0. The smallest absolute Gasteiger partial charge is 0.300 e. The molecule has 5 rings (SSSR count). The highest BCUT2D eigenvalue weighted by atomic mass is 16.7. The lowest BCUT2D eigenvalue weighted by molar-refractivity contribution is -0.132. The van der Waals surface area contributed by atoms with Crippen molar-refractivity contribution >= 4 is 23.1 Å². The van der Waals surface area contributed by atoms with E-state index in [0.717, 1.165) is 5.56 Å². The van der Waals surface area contributed by atoms with Gasteiger partial charge in [-0.1, -0.05) is 29.8 Å². The van der Waals surface area contributed by atoms with Crippen molar-refractivity contribution in [2.75, 3.05) is 18.3 Å². The van der Waals surface area contributed by atoms with Crippen LogP contribution in [0.1, 0.15) is 29.7 Å². The summed E-state index contributed by atoms with van der Waals surface area (Å²) in [6.45, 7) is 4.42. The summed E-state index contributed by atoms with van der Waals surface area (Å²) in [6.07, 6.45) is 0. The third-order valence-electron chi connectivity index (χ3n) is 5.88. The van der Waals surface area contributed by atoms with Crippen molar-refractivity contribution < 1.29 is 28.9 Å². The van der Waals surface area contributed by atoms with Crippen molar-refractivity contribution in [3.05, 3.63) is 89.0 Å². The number of fused-ring (bicyclic) bond motifs is 1. The molecule has 7 heteroatoms. The number of amides is 1. The Morgan fingerprint density at radius 1 is 1.03 bits per heavy atom. The first-order valence-corrected chi connectivity index (χ1v) is 11.0. The van der Waals surface area contributed by atoms with Crippen molar-refractivity contribution in [2.45, 2.75) is 19.9 Å². The van der Waals surface area contributed by atoms with Gasteiger partial charge in [-0.05, 0) is 55.8 Å². The van der Waals surface area contributed by atoms with Gasteiger partial charge in [0.2, 0.25) is 6.79 Å². The molecule has 0 aromatic heterocycles. The Bertz CT molecular complexity index is 1310. The average Bonchev–Trinajstić information content (AvgIpc) is 3.41. The van der Waals surface area contributed by atoms with Crippen LogP contribution < -0.4 is 19.1 Å². The van der Waals surface area contributed by atoms with E-state index in [-0.39, 0.29) is 18.1 Å². The van der Waals surface area contributed by atoms with Gasteiger partial charge in [-0.3, -0.25) is 14.5 Å². The van der Waals surface area contributed by atoms with E-state index in [1.165, 1.54) is 4.90 Å². The van der Waals surface area contributed by atoms with E-state index < -0.39 is 17.7 Å². The highest BCUT2D eigenvalue weighted by Crippen LogP contribution is 2.45. The van der Waals surface area contributed by atoms with E-state index in [1.54, 1.807) is 42.5 Å². The molecule has 0 aliphatic carbocycles. The van der Waals surface area contributed by atoms with E-state index in [9.17, 15) is 14.7 Å². The van der Waals surface area contributed by atoms with E-state index in [4.69, 9.17) is 14.2 Å². The first-order valence-electron chi connectivity index (χ1n) is 11.0. The molecular formula is C27H23NO6. The van der Waals surface area contributed by atoms with Crippen LogP contribution in [0.2, 0.25) is 0 Å². The first-order chi connectivity index (χ1) is 16.5. The Morgan fingerprint density at radius 2 is 1.79 bits per heavy atom. The van der Waals surface area contributed by atoms with Crippen molar-refractivity contribution in [3.63, 3.8) is 0 Å². The summed E-state index contributed by atoms with van der Waals surface area (Å²) >= 11 is 0. The summed E-state index contributed by atoms with van der Waals surface area (Å²) in [5.74, 6) is -0.00427. The van der Waals surface area contributed by atoms with E-state index in [0.29, 0.717) is 40.7 Å². The van der Waals surface area contributed by atoms with Crippen LogP contribution >= 0.6 is 0 Å². The predicted octanol–water partition coefficient (Wildman–Crippen LogP) is 4.75. The topological polar surface area (TPSA) is 85.3 Å². The zero-order chi connectivity index (χ0) is 23.8. The zero-order valence-electron chi connectivity index (χ0n) is 18.8. The number of aryl methyl sites for hydroxylation is 1. The standard InChI is InChI=1S/C27H23NO6/c1-3-32-20-10-7-17(8-11-20)25(29)23-24(18-6-4-5-16(2)13-18)28(27(31)26(23)30)19-9-12-21-22(14-19)34-15-33-21/h4-14,24,29H,3,15H2,1-2H3/b25-23+. The van der Waals surface area contributed by atoms with Gasteiger partial charge >= 0.3 is 0 Å². The number of carbonyl (C=O) groups excluding carboxylic acids is 2. The number of rotatable bonds is 5. The fourth-order valence-electron chi connectivity index (χ4n) is 4.32. The van der Waals surface area contributed by atoms with Crippen molar-refractivity contribution in [2.24, 2.45) is 0 Å². The summed E-state index contributed by atoms with van der Waals surface area (Å²) < 4.78 is 16.3. The van der Waals surface area contributed by atoms with E-state index >= 15 is 0 Å². The molecule has 0 bridgehead atoms. The van der Waals surface area contributed by atoms with Gasteiger partial charge in [-0.15, -0.1) is 0 Å². The van der Waals surface area contributed by atoms with Crippen LogP contribution in [0.4, 0.5) is 5.69 Å². The second-order valence-electron chi connectivity index (χ2n) is 8.08. The summed E-state index contributed by atoms with van der Waals surface area (Å²) in [6, 6.07) is 18.6. The van der Waals surface area contributed by atoms with Crippen LogP contribution in [0.3, 0.4) is 0 Å². The van der Waals surface area contributed by atoms with Gasteiger partial charge in [0.25, 0.3) is 11.7 Å². The fraction of sp³-hybridized carbons (Fsp3) is 0.185. The van der Waals surface area contributed by atoms with E-state index in [1.807, 2.05) is 38.1 Å². The van der Waals surface area contributed by atoms with Crippen molar-refractivity contribution in [3.8, 4) is 17.2 Å². The highest BCUT2D eigenvalue weighted by molar-refractivity contribution is 6.51. The molecule has 34 heavy (non-hydrogen) atoms. The third-order valence-corrected chi connectivity index (χ3v) is 5.88. The minimum Gasteiger partial charge on any atom is -0.507 e. The molecule has 3 aromatic carbocycles. The second-order valence-corrected chi connectivity index (χ2v) is 8.08. The number of anilines is 1. The number of hydrogen-bond donors (Lipinski definition) is 1. The van der Waals surface area contributed by atoms with Crippen LogP contribution in [0.25, 0.3) is 5.76 Å². The summed E-state index contributed by atoms with van der Waals surface area (Å²) in [7, 11) is 0. The van der Waals surface area contributed by atoms with Gasteiger partial charge in [-0.25, -0.2) is 0 Å². The van der Waals surface area contributed by atoms with Crippen LogP contribution in [0.5, 0.6) is 17.2 Å². The number of aliphatic hydroxyl groups is 1. The minimum absolute atomic E-state index is 0.0254. The molecule has 0 spiro atoms. The fourth-order valence-corrected chi connectivity index (χ4v) is 4.32. The maximum Gasteiger partial charge on any atom is 0.300 e. The lowest BCUT2D eigenvalue weighted by Gasteiger charge is -2.26. The summed E-state index contributed by atoms with van der Waals surface area (Å²) in [5.41, 5.74) is 2.60. The maximum atomic E-state index is 13.3. The molecule has 1 unspecified atom stereocenters. The van der Waals surface area contributed by atoms with Crippen molar-refractivity contribution in [1.29, 1.82) is 0 Å². The number of Topliss-reactive ketones (excluding diaryl/α,β-unsaturated/α-hetero) is 1. The van der Waals surface area contributed by atoms with E-state index in [2.05, 4.69) is 0 Å². The molecular weight excluding hydrogens is 434 g/mol. The molecule has 0 saturated carbocycles. The molecule has 2 aliphatic heterocycles. The second kappa shape index (κ2) is 8.59.